The summed E-state index contributed by atoms with van der Waals surface area (Å²) in [6.07, 6.45) is -0.570. The van der Waals surface area contributed by atoms with Crippen molar-refractivity contribution in [2.45, 2.75) is 12.6 Å². The van der Waals surface area contributed by atoms with Crippen LogP contribution in [0.15, 0.2) is 22.7 Å². The summed E-state index contributed by atoms with van der Waals surface area (Å²) in [5.41, 5.74) is 0.107. The Bertz CT molecular complexity index is 567. The second-order valence-corrected chi connectivity index (χ2v) is 5.76. The number of carbonyl (C=O) groups is 2. The van der Waals surface area contributed by atoms with E-state index in [0.717, 1.165) is 6.07 Å². The number of carbonyl (C=O) groups excluding carboxylic acids is 2. The molecule has 1 aromatic carbocycles. The van der Waals surface area contributed by atoms with Crippen molar-refractivity contribution in [3.63, 3.8) is 0 Å². The maximum Gasteiger partial charge on any atom is 0.325 e. The molecule has 1 aliphatic carbocycles. The highest BCUT2D eigenvalue weighted by Crippen LogP contribution is 2.34. The van der Waals surface area contributed by atoms with Crippen LogP contribution in [0.2, 0.25) is 0 Å². The summed E-state index contributed by atoms with van der Waals surface area (Å²) >= 11 is 3.00. The number of methoxy groups -OCH3 is 1. The van der Waals surface area contributed by atoms with Crippen molar-refractivity contribution in [1.82, 2.24) is 4.90 Å². The van der Waals surface area contributed by atoms with Gasteiger partial charge in [0.25, 0.3) is 5.91 Å². The first-order valence-electron chi connectivity index (χ1n) is 6.37. The predicted octanol–water partition coefficient (Wildman–Crippen LogP) is 2.56. The lowest BCUT2D eigenvalue weighted by Gasteiger charge is -2.21. The zero-order valence-corrected chi connectivity index (χ0v) is 12.9. The highest BCUT2D eigenvalue weighted by Gasteiger charge is 2.40. The van der Waals surface area contributed by atoms with Gasteiger partial charge in [0.1, 0.15) is 18.5 Å². The minimum Gasteiger partial charge on any atom is -0.468 e. The van der Waals surface area contributed by atoms with Gasteiger partial charge in [-0.3, -0.25) is 9.59 Å². The van der Waals surface area contributed by atoms with E-state index in [0.29, 0.717) is 6.42 Å². The third kappa shape index (κ3) is 4.00. The van der Waals surface area contributed by atoms with E-state index in [-0.39, 0.29) is 29.0 Å². The van der Waals surface area contributed by atoms with E-state index in [4.69, 9.17) is 0 Å². The van der Waals surface area contributed by atoms with Crippen molar-refractivity contribution in [3.05, 3.63) is 34.1 Å². The lowest BCUT2D eigenvalue weighted by Crippen LogP contribution is -2.38. The molecule has 0 radical (unpaired) electrons. The third-order valence-electron chi connectivity index (χ3n) is 3.29. The van der Waals surface area contributed by atoms with E-state index in [2.05, 4.69) is 20.7 Å². The van der Waals surface area contributed by atoms with Gasteiger partial charge < -0.3 is 9.64 Å². The van der Waals surface area contributed by atoms with Gasteiger partial charge in [0, 0.05) is 18.0 Å². The Hall–Kier alpha value is -1.50. The zero-order valence-electron chi connectivity index (χ0n) is 11.3. The summed E-state index contributed by atoms with van der Waals surface area (Å²) in [4.78, 5) is 24.9. The number of esters is 1. The number of ether oxygens (including phenoxy) is 1. The molecule has 114 valence electrons. The number of rotatable bonds is 5. The van der Waals surface area contributed by atoms with Crippen molar-refractivity contribution >= 4 is 27.8 Å². The number of halogens is 3. The first-order chi connectivity index (χ1) is 9.92. The molecule has 1 saturated carbocycles. The van der Waals surface area contributed by atoms with Crippen LogP contribution in [-0.4, -0.2) is 43.1 Å². The van der Waals surface area contributed by atoms with Crippen LogP contribution in [0.25, 0.3) is 0 Å². The van der Waals surface area contributed by atoms with Gasteiger partial charge in [-0.05, 0) is 40.5 Å². The van der Waals surface area contributed by atoms with Crippen molar-refractivity contribution < 1.29 is 23.1 Å². The Balaban J connectivity index is 2.15. The third-order valence-corrected chi connectivity index (χ3v) is 3.94. The molecule has 0 bridgehead atoms. The number of benzene rings is 1. The summed E-state index contributed by atoms with van der Waals surface area (Å²) in [7, 11) is 1.21. The lowest BCUT2D eigenvalue weighted by molar-refractivity contribution is -0.141. The molecule has 1 aliphatic rings. The molecule has 4 nitrogen and oxygen atoms in total. The van der Waals surface area contributed by atoms with Crippen LogP contribution in [0, 0.1) is 11.7 Å². The Morgan fingerprint density at radius 2 is 2.14 bits per heavy atom. The fraction of sp³-hybridized carbons (Fsp3) is 0.429. The second kappa shape index (κ2) is 6.51. The van der Waals surface area contributed by atoms with Gasteiger partial charge in [0.15, 0.2) is 0 Å². The molecule has 0 aliphatic heterocycles. The first kappa shape index (κ1) is 15.9. The molecule has 21 heavy (non-hydrogen) atoms. The molecule has 7 heteroatoms. The van der Waals surface area contributed by atoms with E-state index in [1.807, 2.05) is 0 Å². The topological polar surface area (TPSA) is 46.6 Å². The molecule has 2 rings (SSSR count). The van der Waals surface area contributed by atoms with Gasteiger partial charge in [-0.1, -0.05) is 0 Å². The molecule has 0 saturated heterocycles. The van der Waals surface area contributed by atoms with Crippen molar-refractivity contribution in [2.75, 3.05) is 20.2 Å². The van der Waals surface area contributed by atoms with E-state index < -0.39 is 23.9 Å². The first-order valence-corrected chi connectivity index (χ1v) is 7.17. The fourth-order valence-electron chi connectivity index (χ4n) is 1.93. The monoisotopic (exact) mass is 361 g/mol. The van der Waals surface area contributed by atoms with Crippen LogP contribution in [0.3, 0.4) is 0 Å². The average molecular weight is 362 g/mol. The Morgan fingerprint density at radius 3 is 2.67 bits per heavy atom. The quantitative estimate of drug-likeness (QED) is 0.757. The number of nitrogens with zero attached hydrogens (tertiary/aromatic N) is 1. The van der Waals surface area contributed by atoms with Crippen LogP contribution in [0.1, 0.15) is 16.8 Å². The average Bonchev–Trinajstić information content (AvgIpc) is 3.15. The van der Waals surface area contributed by atoms with Gasteiger partial charge >= 0.3 is 5.97 Å². The van der Waals surface area contributed by atoms with Gasteiger partial charge in [-0.15, -0.1) is 0 Å². The van der Waals surface area contributed by atoms with Crippen molar-refractivity contribution in [2.24, 2.45) is 5.92 Å². The number of hydrogen-bond acceptors (Lipinski definition) is 3. The highest BCUT2D eigenvalue weighted by atomic mass is 79.9. The van der Waals surface area contributed by atoms with E-state index >= 15 is 0 Å². The molecule has 1 fully saturated rings. The van der Waals surface area contributed by atoms with Crippen LogP contribution in [0.5, 0.6) is 0 Å². The molecule has 1 aromatic rings. The molecular weight excluding hydrogens is 348 g/mol. The minimum absolute atomic E-state index is 0.107. The molecule has 2 atom stereocenters. The normalized spacial score (nSPS) is 20.0. The zero-order chi connectivity index (χ0) is 15.6. The van der Waals surface area contributed by atoms with Gasteiger partial charge in [0.2, 0.25) is 0 Å². The Kier molecular flexibility index (Phi) is 4.92. The SMILES string of the molecule is COC(=O)CN(CC1CC1F)C(=O)c1ccc(Br)c(F)c1. The number of hydrogen-bond donors (Lipinski definition) is 0. The lowest BCUT2D eigenvalue weighted by atomic mass is 10.2. The highest BCUT2D eigenvalue weighted by molar-refractivity contribution is 9.10. The van der Waals surface area contributed by atoms with E-state index in [1.165, 1.54) is 24.1 Å². The van der Waals surface area contributed by atoms with Crippen LogP contribution in [-0.2, 0) is 9.53 Å². The molecule has 0 N–H and O–H groups in total. The Labute approximate surface area is 129 Å². The van der Waals surface area contributed by atoms with Gasteiger partial charge in [-0.25, -0.2) is 8.78 Å². The van der Waals surface area contributed by atoms with Gasteiger partial charge in [-0.2, -0.15) is 0 Å². The van der Waals surface area contributed by atoms with Crippen LogP contribution in [0.4, 0.5) is 8.78 Å². The summed E-state index contributed by atoms with van der Waals surface area (Å²) in [6, 6.07) is 3.93. The largest absolute Gasteiger partial charge is 0.468 e. The van der Waals surface area contributed by atoms with E-state index in [1.54, 1.807) is 0 Å². The second-order valence-electron chi connectivity index (χ2n) is 4.90. The summed E-state index contributed by atoms with van der Waals surface area (Å²) in [6.45, 7) is -0.164. The molecular formula is C14H14BrF2NO3. The smallest absolute Gasteiger partial charge is 0.325 e. The van der Waals surface area contributed by atoms with Crippen molar-refractivity contribution in [1.29, 1.82) is 0 Å². The maximum atomic E-state index is 13.5. The van der Waals surface area contributed by atoms with E-state index in [9.17, 15) is 18.4 Å². The Morgan fingerprint density at radius 1 is 1.48 bits per heavy atom. The molecule has 0 aromatic heterocycles. The molecule has 0 spiro atoms. The van der Waals surface area contributed by atoms with Crippen LogP contribution >= 0.6 is 15.9 Å². The van der Waals surface area contributed by atoms with Crippen LogP contribution < -0.4 is 0 Å². The summed E-state index contributed by atoms with van der Waals surface area (Å²) in [5, 5.41) is 0. The molecule has 2 unspecified atom stereocenters. The fourth-order valence-corrected chi connectivity index (χ4v) is 2.18. The number of alkyl halides is 1. The van der Waals surface area contributed by atoms with Gasteiger partial charge in [0.05, 0.1) is 11.6 Å². The molecule has 1 amide bonds. The number of amides is 1. The molecule has 0 heterocycles. The standard InChI is InChI=1S/C14H14BrF2NO3/c1-21-13(19)7-18(6-9-5-11(9)16)14(20)8-2-3-10(15)12(17)4-8/h2-4,9,11H,5-7H2,1H3. The predicted molar refractivity (Wildman–Crippen MR) is 75.0 cm³/mol. The minimum atomic E-state index is -0.945. The summed E-state index contributed by atoms with van der Waals surface area (Å²) < 4.78 is 31.3. The summed E-state index contributed by atoms with van der Waals surface area (Å²) in [5.74, 6) is -1.96. The maximum absolute atomic E-state index is 13.5. The van der Waals surface area contributed by atoms with Crippen molar-refractivity contribution in [3.8, 4) is 0 Å².